The van der Waals surface area contributed by atoms with Crippen LogP contribution in [-0.4, -0.2) is 96.7 Å². The molecule has 0 saturated heterocycles. The number of aliphatic hydroxyl groups excluding tert-OH is 1. The molecule has 6 atom stereocenters. The van der Waals surface area contributed by atoms with Crippen molar-refractivity contribution in [1.82, 2.24) is 0 Å². The first-order valence-electron chi connectivity index (χ1n) is 43.7. The summed E-state index contributed by atoms with van der Waals surface area (Å²) in [6, 6.07) is 0. The van der Waals surface area contributed by atoms with Gasteiger partial charge in [0.15, 0.2) is 12.2 Å². The minimum absolute atomic E-state index is 0.107. The Balaban J connectivity index is 5.16. The SMILES string of the molecule is CCCCCCCCCCCCCCCCCCCCCCCC(=O)OC[C@H](COP(=O)(O)OC[C@@H](O)COP(=O)(O)OC[C@@H](COC(=O)CCCCCCCCCCCC)OC(=O)CCCCCCCCCCCC)OC(=O)CCCCCCCCCCCCCCCCCCCCC(C)CC. The summed E-state index contributed by atoms with van der Waals surface area (Å²) in [6.07, 6.45) is 69.5. The molecule has 612 valence electrons. The molecule has 19 heteroatoms. The lowest BCUT2D eigenvalue weighted by Gasteiger charge is -2.21. The van der Waals surface area contributed by atoms with Crippen LogP contribution in [0.15, 0.2) is 0 Å². The molecule has 3 N–H and O–H groups in total. The van der Waals surface area contributed by atoms with Crippen LogP contribution in [0, 0.1) is 5.92 Å². The quantitative estimate of drug-likeness (QED) is 0.0222. The van der Waals surface area contributed by atoms with E-state index in [0.29, 0.717) is 25.7 Å². The minimum Gasteiger partial charge on any atom is -0.462 e. The molecule has 0 radical (unpaired) electrons. The van der Waals surface area contributed by atoms with E-state index in [0.717, 1.165) is 95.8 Å². The van der Waals surface area contributed by atoms with Crippen LogP contribution < -0.4 is 0 Å². The van der Waals surface area contributed by atoms with E-state index >= 15 is 0 Å². The number of hydrogen-bond donors (Lipinski definition) is 3. The fourth-order valence-corrected chi connectivity index (χ4v) is 14.7. The third-order valence-corrected chi connectivity index (χ3v) is 22.0. The fraction of sp³-hybridized carbons (Fsp3) is 0.952. The van der Waals surface area contributed by atoms with E-state index in [-0.39, 0.29) is 25.7 Å². The Hall–Kier alpha value is -1.94. The maximum absolute atomic E-state index is 13.1. The molecule has 103 heavy (non-hydrogen) atoms. The molecule has 0 aliphatic heterocycles. The molecule has 0 aromatic carbocycles. The van der Waals surface area contributed by atoms with Gasteiger partial charge >= 0.3 is 39.5 Å². The Bertz CT molecular complexity index is 1960. The molecule has 0 aromatic rings. The minimum atomic E-state index is -4.96. The van der Waals surface area contributed by atoms with Gasteiger partial charge in [-0.2, -0.15) is 0 Å². The van der Waals surface area contributed by atoms with Crippen molar-refractivity contribution in [2.24, 2.45) is 5.92 Å². The number of unbranched alkanes of at least 4 members (excludes halogenated alkanes) is 55. The van der Waals surface area contributed by atoms with E-state index in [2.05, 4.69) is 34.6 Å². The van der Waals surface area contributed by atoms with Gasteiger partial charge in [0.05, 0.1) is 26.4 Å². The number of ether oxygens (including phenoxy) is 4. The van der Waals surface area contributed by atoms with Crippen molar-refractivity contribution in [3.05, 3.63) is 0 Å². The lowest BCUT2D eigenvalue weighted by atomic mass is 9.99. The molecular formula is C84H164O17P2. The van der Waals surface area contributed by atoms with Gasteiger partial charge in [0.25, 0.3) is 0 Å². The van der Waals surface area contributed by atoms with Crippen LogP contribution in [-0.2, 0) is 65.4 Å². The van der Waals surface area contributed by atoms with Crippen LogP contribution in [0.1, 0.15) is 452 Å². The summed E-state index contributed by atoms with van der Waals surface area (Å²) in [6.45, 7) is 7.39. The summed E-state index contributed by atoms with van der Waals surface area (Å²) in [5.41, 5.74) is 0. The third kappa shape index (κ3) is 76.6. The molecule has 0 spiro atoms. The van der Waals surface area contributed by atoms with Gasteiger partial charge in [0, 0.05) is 25.7 Å². The van der Waals surface area contributed by atoms with Gasteiger partial charge < -0.3 is 33.8 Å². The fourth-order valence-electron chi connectivity index (χ4n) is 13.1. The normalized spacial score (nSPS) is 14.1. The maximum Gasteiger partial charge on any atom is 0.472 e. The van der Waals surface area contributed by atoms with Crippen molar-refractivity contribution in [2.45, 2.75) is 470 Å². The van der Waals surface area contributed by atoms with Gasteiger partial charge in [0.2, 0.25) is 0 Å². The van der Waals surface area contributed by atoms with Crippen molar-refractivity contribution < 1.29 is 80.2 Å². The van der Waals surface area contributed by atoms with E-state index in [1.807, 2.05) is 0 Å². The Morgan fingerprint density at radius 2 is 0.466 bits per heavy atom. The van der Waals surface area contributed by atoms with Crippen molar-refractivity contribution >= 4 is 39.5 Å². The topological polar surface area (TPSA) is 237 Å². The highest BCUT2D eigenvalue weighted by Gasteiger charge is 2.30. The molecule has 0 saturated carbocycles. The molecule has 0 heterocycles. The number of aliphatic hydroxyl groups is 1. The summed E-state index contributed by atoms with van der Waals surface area (Å²) in [7, 11) is -9.92. The lowest BCUT2D eigenvalue weighted by molar-refractivity contribution is -0.161. The molecule has 0 bridgehead atoms. The molecular weight excluding hydrogens is 1340 g/mol. The van der Waals surface area contributed by atoms with E-state index in [9.17, 15) is 43.2 Å². The number of phosphoric ester groups is 2. The number of phosphoric acid groups is 2. The van der Waals surface area contributed by atoms with Crippen LogP contribution in [0.5, 0.6) is 0 Å². The zero-order valence-corrected chi connectivity index (χ0v) is 69.3. The van der Waals surface area contributed by atoms with E-state index in [4.69, 9.17) is 37.0 Å². The number of carbonyl (C=O) groups excluding carboxylic acids is 4. The van der Waals surface area contributed by atoms with Crippen LogP contribution in [0.3, 0.4) is 0 Å². The summed E-state index contributed by atoms with van der Waals surface area (Å²) in [5, 5.41) is 10.6. The average molecular weight is 1510 g/mol. The van der Waals surface area contributed by atoms with Crippen molar-refractivity contribution in [3.63, 3.8) is 0 Å². The second kappa shape index (κ2) is 76.8. The Morgan fingerprint density at radius 1 is 0.272 bits per heavy atom. The third-order valence-electron chi connectivity index (χ3n) is 20.1. The van der Waals surface area contributed by atoms with Crippen molar-refractivity contribution in [2.75, 3.05) is 39.6 Å². The second-order valence-electron chi connectivity index (χ2n) is 30.5. The zero-order valence-electron chi connectivity index (χ0n) is 67.5. The Morgan fingerprint density at radius 3 is 0.689 bits per heavy atom. The molecule has 17 nitrogen and oxygen atoms in total. The first-order chi connectivity index (χ1) is 50.1. The largest absolute Gasteiger partial charge is 0.472 e. The Kier molecular flexibility index (Phi) is 75.4. The van der Waals surface area contributed by atoms with Crippen LogP contribution >= 0.6 is 15.6 Å². The molecule has 0 aromatic heterocycles. The smallest absolute Gasteiger partial charge is 0.462 e. The molecule has 0 fully saturated rings. The number of carbonyl (C=O) groups is 4. The first-order valence-corrected chi connectivity index (χ1v) is 46.7. The van der Waals surface area contributed by atoms with Crippen molar-refractivity contribution in [1.29, 1.82) is 0 Å². The highest BCUT2D eigenvalue weighted by Crippen LogP contribution is 2.45. The standard InChI is InChI=1S/C84H164O17P2/c1-6-10-13-16-19-22-25-26-27-28-29-30-31-35-38-41-44-49-53-58-63-68-82(87)95-74-80(101-84(89)70-65-60-55-50-45-42-39-36-33-32-34-37-40-43-46-51-56-61-66-77(5)9-4)76-99-103(92,93)97-72-78(85)71-96-102(90,91)98-75-79(100-83(88)69-64-59-54-48-24-21-18-15-12-8-3)73-94-81(86)67-62-57-52-47-23-20-17-14-11-7-2/h77-80,85H,6-76H2,1-5H3,(H,90,91)(H,92,93)/t77?,78-,79+,80+/m0/s1. The Labute approximate surface area is 632 Å². The highest BCUT2D eigenvalue weighted by molar-refractivity contribution is 7.47. The van der Waals surface area contributed by atoms with Gasteiger partial charge in [-0.1, -0.05) is 401 Å². The predicted molar refractivity (Wildman–Crippen MR) is 423 cm³/mol. The average Bonchev–Trinajstić information content (AvgIpc) is 0.918. The van der Waals surface area contributed by atoms with Crippen LogP contribution in [0.25, 0.3) is 0 Å². The van der Waals surface area contributed by atoms with Gasteiger partial charge in [-0.15, -0.1) is 0 Å². The number of rotatable bonds is 84. The molecule has 3 unspecified atom stereocenters. The van der Waals surface area contributed by atoms with Gasteiger partial charge in [0.1, 0.15) is 19.3 Å². The molecule has 0 rings (SSSR count). The van der Waals surface area contributed by atoms with Crippen molar-refractivity contribution in [3.8, 4) is 0 Å². The van der Waals surface area contributed by atoms with E-state index in [1.54, 1.807) is 0 Å². The van der Waals surface area contributed by atoms with E-state index < -0.39 is 97.5 Å². The number of hydrogen-bond acceptors (Lipinski definition) is 15. The molecule has 0 aliphatic carbocycles. The summed E-state index contributed by atoms with van der Waals surface area (Å²) < 4.78 is 68.7. The first kappa shape index (κ1) is 101. The lowest BCUT2D eigenvalue weighted by Crippen LogP contribution is -2.30. The highest BCUT2D eigenvalue weighted by atomic mass is 31.2. The summed E-state index contributed by atoms with van der Waals surface area (Å²) in [5.74, 6) is -1.23. The van der Waals surface area contributed by atoms with Crippen LogP contribution in [0.4, 0.5) is 0 Å². The molecule has 0 aliphatic rings. The van der Waals surface area contributed by atoms with Gasteiger partial charge in [-0.25, -0.2) is 9.13 Å². The van der Waals surface area contributed by atoms with Gasteiger partial charge in [-0.05, 0) is 31.6 Å². The monoisotopic (exact) mass is 1510 g/mol. The predicted octanol–water partition coefficient (Wildman–Crippen LogP) is 25.6. The van der Waals surface area contributed by atoms with Gasteiger partial charge in [-0.3, -0.25) is 37.3 Å². The summed E-state index contributed by atoms with van der Waals surface area (Å²) in [4.78, 5) is 73.0. The maximum atomic E-state index is 13.1. The number of esters is 4. The summed E-state index contributed by atoms with van der Waals surface area (Å²) >= 11 is 0. The van der Waals surface area contributed by atoms with Crippen LogP contribution in [0.2, 0.25) is 0 Å². The zero-order chi connectivity index (χ0) is 75.5. The molecule has 0 amide bonds. The van der Waals surface area contributed by atoms with E-state index in [1.165, 1.54) is 276 Å². The second-order valence-corrected chi connectivity index (χ2v) is 33.4.